The van der Waals surface area contributed by atoms with Gasteiger partial charge in [0.2, 0.25) is 12.7 Å². The molecule has 0 unspecified atom stereocenters. The molecule has 0 N–H and O–H groups in total. The highest BCUT2D eigenvalue weighted by Crippen LogP contribution is 2.52. The summed E-state index contributed by atoms with van der Waals surface area (Å²) in [4.78, 5) is 17.5. The molecule has 4 aliphatic rings. The standard InChI is InChI=1S/C23H24N2O5/c1-27-18-10-20-19(28-14-29-20)9-16(18)12-24-8-7-23-21(24)11-22(26)25(23)17(13-30-23)15-5-3-2-4-6-15/h2-6,9-10,17,21H,7-8,11-14H2,1H3/t17-,21+,23-/m0/s1. The van der Waals surface area contributed by atoms with Gasteiger partial charge in [-0.2, -0.15) is 0 Å². The second kappa shape index (κ2) is 6.62. The van der Waals surface area contributed by atoms with Gasteiger partial charge in [-0.25, -0.2) is 0 Å². The molecule has 7 nitrogen and oxygen atoms in total. The third-order valence-corrected chi connectivity index (χ3v) is 6.90. The van der Waals surface area contributed by atoms with E-state index >= 15 is 0 Å². The van der Waals surface area contributed by atoms with Gasteiger partial charge in [0.25, 0.3) is 0 Å². The average molecular weight is 408 g/mol. The fraction of sp³-hybridized carbons (Fsp3) is 0.435. The molecular formula is C23H24N2O5. The van der Waals surface area contributed by atoms with Crippen LogP contribution >= 0.6 is 0 Å². The lowest BCUT2D eigenvalue weighted by Crippen LogP contribution is -2.48. The van der Waals surface area contributed by atoms with Gasteiger partial charge in [0, 0.05) is 37.6 Å². The Morgan fingerprint density at radius 2 is 1.97 bits per heavy atom. The summed E-state index contributed by atoms with van der Waals surface area (Å²) in [6.07, 6.45) is 1.30. The minimum Gasteiger partial charge on any atom is -0.496 e. The van der Waals surface area contributed by atoms with Gasteiger partial charge in [-0.3, -0.25) is 9.69 Å². The van der Waals surface area contributed by atoms with Crippen molar-refractivity contribution in [3.8, 4) is 17.2 Å². The molecule has 0 bridgehead atoms. The van der Waals surface area contributed by atoms with Crippen LogP contribution in [-0.2, 0) is 16.1 Å². The molecule has 3 fully saturated rings. The van der Waals surface area contributed by atoms with E-state index in [1.54, 1.807) is 7.11 Å². The van der Waals surface area contributed by atoms with Gasteiger partial charge >= 0.3 is 0 Å². The minimum absolute atomic E-state index is 0.0104. The molecule has 156 valence electrons. The smallest absolute Gasteiger partial charge is 0.231 e. The van der Waals surface area contributed by atoms with Gasteiger partial charge in [-0.1, -0.05) is 30.3 Å². The minimum atomic E-state index is -0.527. The summed E-state index contributed by atoms with van der Waals surface area (Å²) >= 11 is 0. The second-order valence-corrected chi connectivity index (χ2v) is 8.30. The number of benzene rings is 2. The van der Waals surface area contributed by atoms with Crippen LogP contribution in [0.5, 0.6) is 17.2 Å². The molecule has 1 spiro atoms. The van der Waals surface area contributed by atoms with E-state index in [4.69, 9.17) is 18.9 Å². The number of carbonyl (C=O) groups excluding carboxylic acids is 1. The number of likely N-dealkylation sites (tertiary alicyclic amines) is 1. The van der Waals surface area contributed by atoms with Crippen LogP contribution in [-0.4, -0.2) is 54.5 Å². The monoisotopic (exact) mass is 408 g/mol. The number of amides is 1. The van der Waals surface area contributed by atoms with Crippen molar-refractivity contribution in [2.75, 3.05) is 27.1 Å². The molecule has 2 aromatic rings. The maximum atomic E-state index is 13.1. The van der Waals surface area contributed by atoms with Crippen molar-refractivity contribution in [3.05, 3.63) is 53.6 Å². The Kier molecular flexibility index (Phi) is 3.98. The summed E-state index contributed by atoms with van der Waals surface area (Å²) in [7, 11) is 1.66. The number of carbonyl (C=O) groups is 1. The van der Waals surface area contributed by atoms with Crippen molar-refractivity contribution in [3.63, 3.8) is 0 Å². The third-order valence-electron chi connectivity index (χ3n) is 6.90. The Balaban J connectivity index is 1.29. The molecule has 30 heavy (non-hydrogen) atoms. The number of methoxy groups -OCH3 is 1. The molecule has 1 amide bonds. The summed E-state index contributed by atoms with van der Waals surface area (Å²) in [6.45, 7) is 2.32. The normalized spacial score (nSPS) is 29.4. The third kappa shape index (κ3) is 2.48. The molecule has 3 atom stereocenters. The van der Waals surface area contributed by atoms with Crippen molar-refractivity contribution in [2.24, 2.45) is 0 Å². The molecular weight excluding hydrogens is 384 g/mol. The lowest BCUT2D eigenvalue weighted by atomic mass is 10.0. The van der Waals surface area contributed by atoms with E-state index < -0.39 is 5.72 Å². The fourth-order valence-electron chi connectivity index (χ4n) is 5.54. The average Bonchev–Trinajstić information content (AvgIpc) is 3.51. The van der Waals surface area contributed by atoms with Gasteiger partial charge in [-0.05, 0) is 11.6 Å². The Labute approximate surface area is 175 Å². The maximum absolute atomic E-state index is 13.1. The van der Waals surface area contributed by atoms with Gasteiger partial charge in [0.05, 0.1) is 25.8 Å². The molecule has 4 heterocycles. The summed E-state index contributed by atoms with van der Waals surface area (Å²) in [5.74, 6) is 2.40. The summed E-state index contributed by atoms with van der Waals surface area (Å²) < 4.78 is 23.0. The Hall–Kier alpha value is -2.77. The molecule has 0 saturated carbocycles. The first-order valence-electron chi connectivity index (χ1n) is 10.4. The first kappa shape index (κ1) is 18.0. The number of hydrogen-bond acceptors (Lipinski definition) is 6. The zero-order valence-electron chi connectivity index (χ0n) is 16.9. The molecule has 6 rings (SSSR count). The van der Waals surface area contributed by atoms with Crippen LogP contribution in [0, 0.1) is 0 Å². The van der Waals surface area contributed by atoms with Crippen molar-refractivity contribution in [1.82, 2.24) is 9.80 Å². The predicted molar refractivity (Wildman–Crippen MR) is 107 cm³/mol. The van der Waals surface area contributed by atoms with Crippen LogP contribution in [0.3, 0.4) is 0 Å². The van der Waals surface area contributed by atoms with E-state index in [0.29, 0.717) is 25.3 Å². The largest absolute Gasteiger partial charge is 0.496 e. The zero-order valence-corrected chi connectivity index (χ0v) is 16.9. The fourth-order valence-corrected chi connectivity index (χ4v) is 5.54. The van der Waals surface area contributed by atoms with E-state index in [0.717, 1.165) is 35.6 Å². The second-order valence-electron chi connectivity index (χ2n) is 8.30. The highest BCUT2D eigenvalue weighted by molar-refractivity contribution is 5.82. The molecule has 0 aromatic heterocycles. The van der Waals surface area contributed by atoms with Crippen molar-refractivity contribution in [2.45, 2.75) is 37.2 Å². The molecule has 0 aliphatic carbocycles. The van der Waals surface area contributed by atoms with Crippen LogP contribution < -0.4 is 14.2 Å². The van der Waals surface area contributed by atoms with Crippen LogP contribution in [0.1, 0.15) is 30.0 Å². The highest BCUT2D eigenvalue weighted by atomic mass is 16.7. The zero-order chi connectivity index (χ0) is 20.3. The van der Waals surface area contributed by atoms with E-state index in [-0.39, 0.29) is 24.8 Å². The predicted octanol–water partition coefficient (Wildman–Crippen LogP) is 2.70. The molecule has 4 aliphatic heterocycles. The lowest BCUT2D eigenvalue weighted by Gasteiger charge is -2.33. The number of nitrogens with zero attached hydrogens (tertiary/aromatic N) is 2. The number of fused-ring (bicyclic) bond motifs is 1. The quantitative estimate of drug-likeness (QED) is 0.775. The number of hydrogen-bond donors (Lipinski definition) is 0. The van der Waals surface area contributed by atoms with E-state index in [9.17, 15) is 4.79 Å². The molecule has 0 radical (unpaired) electrons. The van der Waals surface area contributed by atoms with Crippen molar-refractivity contribution < 1.29 is 23.7 Å². The van der Waals surface area contributed by atoms with Gasteiger partial charge in [0.15, 0.2) is 17.2 Å². The summed E-state index contributed by atoms with van der Waals surface area (Å²) in [5.41, 5.74) is 1.64. The lowest BCUT2D eigenvalue weighted by molar-refractivity contribution is -0.138. The topological polar surface area (TPSA) is 60.5 Å². The number of ether oxygens (including phenoxy) is 4. The number of rotatable bonds is 4. The van der Waals surface area contributed by atoms with Crippen LogP contribution in [0.2, 0.25) is 0 Å². The van der Waals surface area contributed by atoms with Crippen molar-refractivity contribution >= 4 is 5.91 Å². The highest BCUT2D eigenvalue weighted by Gasteiger charge is 2.64. The van der Waals surface area contributed by atoms with Gasteiger partial charge < -0.3 is 23.8 Å². The molecule has 3 saturated heterocycles. The maximum Gasteiger partial charge on any atom is 0.231 e. The SMILES string of the molecule is COc1cc2c(cc1CN1CC[C@@]34OC[C@@H](c5ccccc5)N3C(=O)C[C@@H]14)OCO2. The summed E-state index contributed by atoms with van der Waals surface area (Å²) in [6, 6.07) is 14.1. The van der Waals surface area contributed by atoms with Crippen molar-refractivity contribution in [1.29, 1.82) is 0 Å². The van der Waals surface area contributed by atoms with Gasteiger partial charge in [-0.15, -0.1) is 0 Å². The van der Waals surface area contributed by atoms with Crippen LogP contribution in [0.4, 0.5) is 0 Å². The van der Waals surface area contributed by atoms with E-state index in [1.807, 2.05) is 35.2 Å². The first-order chi connectivity index (χ1) is 14.7. The van der Waals surface area contributed by atoms with Gasteiger partial charge in [0.1, 0.15) is 5.75 Å². The molecule has 2 aromatic carbocycles. The van der Waals surface area contributed by atoms with Crippen LogP contribution in [0.25, 0.3) is 0 Å². The Bertz CT molecular complexity index is 997. The van der Waals surface area contributed by atoms with E-state index in [1.165, 1.54) is 0 Å². The Morgan fingerprint density at radius 1 is 1.17 bits per heavy atom. The summed E-state index contributed by atoms with van der Waals surface area (Å²) in [5, 5.41) is 0. The Morgan fingerprint density at radius 3 is 2.77 bits per heavy atom. The van der Waals surface area contributed by atoms with Crippen LogP contribution in [0.15, 0.2) is 42.5 Å². The molecule has 7 heteroatoms. The first-order valence-corrected chi connectivity index (χ1v) is 10.4. The van der Waals surface area contributed by atoms with E-state index in [2.05, 4.69) is 17.0 Å².